The van der Waals surface area contributed by atoms with E-state index in [4.69, 9.17) is 27.9 Å². The molecule has 0 radical (unpaired) electrons. The SMILES string of the molecule is CC(C)(c1cccc(Cl)c1)C(OC(=O)NC(CC1CCCCC1)C(=O)NC(C[C@@H]1CCNC1=O)C(=O)C(=O)NC1CC1)c1ccc(Cl)cc1. The van der Waals surface area contributed by atoms with Gasteiger partial charge in [-0.15, -0.1) is 0 Å². The number of halogens is 2. The Morgan fingerprint density at radius 3 is 2.22 bits per heavy atom. The monoisotopic (exact) mass is 712 g/mol. The molecule has 2 aliphatic carbocycles. The van der Waals surface area contributed by atoms with Crippen LogP contribution in [-0.4, -0.2) is 54.3 Å². The van der Waals surface area contributed by atoms with Crippen LogP contribution in [0.3, 0.4) is 0 Å². The zero-order valence-corrected chi connectivity index (χ0v) is 29.6. The fourth-order valence-corrected chi connectivity index (χ4v) is 7.20. The maximum atomic E-state index is 14.0. The molecule has 1 heterocycles. The number of carbonyl (C=O) groups is 5. The summed E-state index contributed by atoms with van der Waals surface area (Å²) in [5, 5.41) is 12.1. The number of hydrogen-bond acceptors (Lipinski definition) is 6. The van der Waals surface area contributed by atoms with E-state index in [1.165, 1.54) is 0 Å². The minimum atomic E-state index is -1.23. The summed E-state index contributed by atoms with van der Waals surface area (Å²) >= 11 is 12.5. The van der Waals surface area contributed by atoms with Gasteiger partial charge in [-0.05, 0) is 73.4 Å². The fourth-order valence-electron chi connectivity index (χ4n) is 6.88. The van der Waals surface area contributed by atoms with Gasteiger partial charge in [0.05, 0.1) is 6.04 Å². The van der Waals surface area contributed by atoms with Crippen LogP contribution in [0.25, 0.3) is 0 Å². The standard InChI is InChI=1S/C37H46Cl2N4O6/c1-37(2,25-9-6-10-27(39)21-25)32(23-11-13-26(38)14-12-23)49-36(48)43-30(19-22-7-4-3-5-8-22)34(46)42-29(20-24-17-18-40-33(24)45)31(44)35(47)41-28-15-16-28/h6,9-14,21-22,24,28-30,32H,3-5,7-8,15-20H2,1-2H3,(H,40,45)(H,41,47)(H,42,46)(H,43,48)/t24-,29?,30?,32?/m0/s1. The molecule has 3 aliphatic rings. The van der Waals surface area contributed by atoms with E-state index in [1.807, 2.05) is 32.0 Å². The van der Waals surface area contributed by atoms with Crippen LogP contribution in [0.4, 0.5) is 4.79 Å². The summed E-state index contributed by atoms with van der Waals surface area (Å²) < 4.78 is 6.17. The van der Waals surface area contributed by atoms with E-state index in [0.29, 0.717) is 35.0 Å². The van der Waals surface area contributed by atoms with Gasteiger partial charge < -0.3 is 26.0 Å². The zero-order chi connectivity index (χ0) is 35.1. The molecule has 4 N–H and O–H groups in total. The maximum Gasteiger partial charge on any atom is 0.408 e. The molecule has 12 heteroatoms. The Kier molecular flexibility index (Phi) is 12.3. The lowest BCUT2D eigenvalue weighted by Crippen LogP contribution is -2.55. The lowest BCUT2D eigenvalue weighted by Gasteiger charge is -2.35. The molecule has 10 nitrogen and oxygen atoms in total. The summed E-state index contributed by atoms with van der Waals surface area (Å²) in [6.45, 7) is 4.35. The van der Waals surface area contributed by atoms with Gasteiger partial charge in [0.15, 0.2) is 0 Å². The van der Waals surface area contributed by atoms with Gasteiger partial charge >= 0.3 is 6.09 Å². The van der Waals surface area contributed by atoms with Crippen LogP contribution in [0.15, 0.2) is 48.5 Å². The highest BCUT2D eigenvalue weighted by Gasteiger charge is 2.39. The van der Waals surface area contributed by atoms with E-state index in [9.17, 15) is 24.0 Å². The lowest BCUT2D eigenvalue weighted by molar-refractivity contribution is -0.141. The Hall–Kier alpha value is -3.63. The molecule has 4 amide bonds. The molecule has 1 aliphatic heterocycles. The van der Waals surface area contributed by atoms with E-state index in [2.05, 4.69) is 21.3 Å². The Labute approximate surface area is 297 Å². The molecular weight excluding hydrogens is 667 g/mol. The molecule has 1 saturated heterocycles. The molecule has 2 aromatic carbocycles. The fraction of sp³-hybridized carbons (Fsp3) is 0.541. The Bertz CT molecular complexity index is 1520. The number of amides is 4. The van der Waals surface area contributed by atoms with E-state index >= 15 is 0 Å². The van der Waals surface area contributed by atoms with Crippen LogP contribution < -0.4 is 21.3 Å². The first-order valence-electron chi connectivity index (χ1n) is 17.3. The first kappa shape index (κ1) is 36.6. The molecule has 0 aromatic heterocycles. The van der Waals surface area contributed by atoms with Crippen LogP contribution >= 0.6 is 23.2 Å². The van der Waals surface area contributed by atoms with Crippen molar-refractivity contribution in [2.45, 2.75) is 108 Å². The van der Waals surface area contributed by atoms with Crippen molar-refractivity contribution in [2.24, 2.45) is 11.8 Å². The van der Waals surface area contributed by atoms with Crippen LogP contribution in [0.1, 0.15) is 95.3 Å². The van der Waals surface area contributed by atoms with Crippen molar-refractivity contribution in [1.29, 1.82) is 0 Å². The number of ketones is 1. The highest BCUT2D eigenvalue weighted by atomic mass is 35.5. The van der Waals surface area contributed by atoms with Crippen molar-refractivity contribution in [3.63, 3.8) is 0 Å². The molecule has 5 rings (SSSR count). The number of rotatable bonds is 14. The van der Waals surface area contributed by atoms with Gasteiger partial charge in [-0.2, -0.15) is 0 Å². The molecule has 264 valence electrons. The molecule has 2 aromatic rings. The molecule has 2 saturated carbocycles. The Balaban J connectivity index is 1.37. The second-order valence-electron chi connectivity index (χ2n) is 14.2. The van der Waals surface area contributed by atoms with Crippen molar-refractivity contribution >= 4 is 52.8 Å². The molecule has 3 fully saturated rings. The minimum Gasteiger partial charge on any atom is -0.440 e. The largest absolute Gasteiger partial charge is 0.440 e. The van der Waals surface area contributed by atoms with Gasteiger partial charge in [0.2, 0.25) is 17.6 Å². The second-order valence-corrected chi connectivity index (χ2v) is 15.1. The van der Waals surface area contributed by atoms with Gasteiger partial charge in [0, 0.05) is 34.0 Å². The van der Waals surface area contributed by atoms with Gasteiger partial charge in [0.25, 0.3) is 5.91 Å². The summed E-state index contributed by atoms with van der Waals surface area (Å²) in [5.41, 5.74) is 0.775. The summed E-state index contributed by atoms with van der Waals surface area (Å²) in [6.07, 6.45) is 5.76. The average molecular weight is 714 g/mol. The van der Waals surface area contributed by atoms with Gasteiger partial charge in [-0.3, -0.25) is 19.2 Å². The van der Waals surface area contributed by atoms with E-state index in [-0.39, 0.29) is 24.3 Å². The van der Waals surface area contributed by atoms with Crippen LogP contribution in [0.2, 0.25) is 10.0 Å². The van der Waals surface area contributed by atoms with Gasteiger partial charge in [0.1, 0.15) is 12.1 Å². The number of hydrogen-bond donors (Lipinski definition) is 4. The van der Waals surface area contributed by atoms with E-state index in [1.54, 1.807) is 30.3 Å². The normalized spacial score (nSPS) is 20.0. The number of nitrogens with one attached hydrogen (secondary N) is 4. The third kappa shape index (κ3) is 9.97. The Morgan fingerprint density at radius 2 is 1.59 bits per heavy atom. The molecule has 3 unspecified atom stereocenters. The number of ether oxygens (including phenoxy) is 1. The maximum absolute atomic E-state index is 14.0. The van der Waals surface area contributed by atoms with E-state index in [0.717, 1.165) is 50.5 Å². The van der Waals surface area contributed by atoms with E-state index < -0.39 is 53.2 Å². The highest BCUT2D eigenvalue weighted by molar-refractivity contribution is 6.38. The quantitative estimate of drug-likeness (QED) is 0.179. The third-order valence-electron chi connectivity index (χ3n) is 9.98. The molecule has 4 atom stereocenters. The Morgan fingerprint density at radius 1 is 0.878 bits per heavy atom. The first-order chi connectivity index (χ1) is 23.4. The molecule has 0 spiro atoms. The summed E-state index contributed by atoms with van der Waals surface area (Å²) in [4.78, 5) is 66.5. The third-order valence-corrected chi connectivity index (χ3v) is 10.5. The molecule has 49 heavy (non-hydrogen) atoms. The van der Waals surface area contributed by atoms with Crippen molar-refractivity contribution in [3.05, 3.63) is 69.7 Å². The molecule has 0 bridgehead atoms. The second kappa shape index (κ2) is 16.4. The number of alkyl carbamates (subject to hydrolysis) is 1. The van der Waals surface area contributed by atoms with Gasteiger partial charge in [-0.1, -0.05) is 93.4 Å². The van der Waals surface area contributed by atoms with Crippen molar-refractivity contribution < 1.29 is 28.7 Å². The predicted octanol–water partition coefficient (Wildman–Crippen LogP) is 5.94. The van der Waals surface area contributed by atoms with Crippen LogP contribution in [0, 0.1) is 11.8 Å². The van der Waals surface area contributed by atoms with Crippen LogP contribution in [0.5, 0.6) is 0 Å². The summed E-state index contributed by atoms with van der Waals surface area (Å²) in [7, 11) is 0. The van der Waals surface area contributed by atoms with Crippen molar-refractivity contribution in [2.75, 3.05) is 6.54 Å². The number of Topliss-reactive ketones (excluding diaryl/α,β-unsaturated/α-hetero) is 1. The topological polar surface area (TPSA) is 143 Å². The van der Waals surface area contributed by atoms with Gasteiger partial charge in [-0.25, -0.2) is 4.79 Å². The highest BCUT2D eigenvalue weighted by Crippen LogP contribution is 2.41. The predicted molar refractivity (Wildman–Crippen MR) is 187 cm³/mol. The first-order valence-corrected chi connectivity index (χ1v) is 18.1. The van der Waals surface area contributed by atoms with Crippen LogP contribution in [-0.2, 0) is 29.3 Å². The lowest BCUT2D eigenvalue weighted by atomic mass is 9.76. The minimum absolute atomic E-state index is 0.0123. The van der Waals surface area contributed by atoms with Crippen molar-refractivity contribution in [3.8, 4) is 0 Å². The average Bonchev–Trinajstić information content (AvgIpc) is 3.81. The molecular formula is C37H46Cl2N4O6. The number of carbonyl (C=O) groups excluding carboxylic acids is 5. The summed E-state index contributed by atoms with van der Waals surface area (Å²) in [5.74, 6) is -2.75. The van der Waals surface area contributed by atoms with Crippen molar-refractivity contribution in [1.82, 2.24) is 21.3 Å². The zero-order valence-electron chi connectivity index (χ0n) is 28.1. The smallest absolute Gasteiger partial charge is 0.408 e. The number of benzene rings is 2. The summed E-state index contributed by atoms with van der Waals surface area (Å²) in [6, 6.07) is 12.0.